The molecule has 7 aromatic carbocycles. The highest BCUT2D eigenvalue weighted by Gasteiger charge is 2.21. The molecule has 0 amide bonds. The highest BCUT2D eigenvalue weighted by molar-refractivity contribution is 5.86. The highest BCUT2D eigenvalue weighted by atomic mass is 14.2. The quantitative estimate of drug-likeness (QED) is 0.109. The van der Waals surface area contributed by atoms with Crippen molar-refractivity contribution < 1.29 is 0 Å². The van der Waals surface area contributed by atoms with Crippen LogP contribution in [0.15, 0.2) is 205 Å². The normalized spacial score (nSPS) is 12.2. The minimum atomic E-state index is 0.860. The van der Waals surface area contributed by atoms with E-state index >= 15 is 0 Å². The van der Waals surface area contributed by atoms with Gasteiger partial charge in [0.25, 0.3) is 0 Å². The van der Waals surface area contributed by atoms with Gasteiger partial charge in [-0.1, -0.05) is 241 Å². The van der Waals surface area contributed by atoms with Gasteiger partial charge in [-0.05, 0) is 109 Å². The second-order valence-electron chi connectivity index (χ2n) is 14.2. The lowest BCUT2D eigenvalue weighted by atomic mass is 9.94. The monoisotopic (exact) mass is 754 g/mol. The van der Waals surface area contributed by atoms with Crippen molar-refractivity contribution >= 4 is 16.8 Å². The molecular formula is C58H58. The zero-order chi connectivity index (χ0) is 40.5. The minimum Gasteiger partial charge on any atom is -0.0839 e. The molecule has 1 aliphatic rings. The molecule has 0 spiro atoms. The van der Waals surface area contributed by atoms with Gasteiger partial charge in [-0.25, -0.2) is 0 Å². The maximum atomic E-state index is 2.40. The SMILES string of the molecule is CC.CC.CCC\C=C/C(=C\Cc1ccccc1)C(/C=C\c1ccc(-c2ccc(-c3cccc4c3Cc3ccccc3-4)cc2)cc1)=C/Cc1cccc2ccccc12. The van der Waals surface area contributed by atoms with Gasteiger partial charge < -0.3 is 0 Å². The number of hydrogen-bond acceptors (Lipinski definition) is 0. The minimum absolute atomic E-state index is 0.860. The summed E-state index contributed by atoms with van der Waals surface area (Å²) in [5.41, 5.74) is 17.0. The van der Waals surface area contributed by atoms with Crippen LogP contribution in [0.5, 0.6) is 0 Å². The second kappa shape index (κ2) is 21.3. The van der Waals surface area contributed by atoms with Crippen molar-refractivity contribution in [2.24, 2.45) is 0 Å². The average molecular weight is 755 g/mol. The van der Waals surface area contributed by atoms with Crippen molar-refractivity contribution in [3.63, 3.8) is 0 Å². The van der Waals surface area contributed by atoms with E-state index in [1.807, 2.05) is 27.7 Å². The van der Waals surface area contributed by atoms with E-state index in [2.05, 4.69) is 207 Å². The second-order valence-corrected chi connectivity index (χ2v) is 14.2. The Labute approximate surface area is 348 Å². The largest absolute Gasteiger partial charge is 0.0839 e. The van der Waals surface area contributed by atoms with E-state index < -0.39 is 0 Å². The van der Waals surface area contributed by atoms with Gasteiger partial charge in [0.05, 0.1) is 0 Å². The van der Waals surface area contributed by atoms with Crippen LogP contribution in [0.2, 0.25) is 0 Å². The van der Waals surface area contributed by atoms with Crippen molar-refractivity contribution in [1.82, 2.24) is 0 Å². The molecule has 0 saturated carbocycles. The maximum absolute atomic E-state index is 2.40. The van der Waals surface area contributed by atoms with Crippen molar-refractivity contribution in [3.05, 3.63) is 233 Å². The van der Waals surface area contributed by atoms with Crippen LogP contribution in [0.4, 0.5) is 0 Å². The number of rotatable bonds is 12. The predicted molar refractivity (Wildman–Crippen MR) is 255 cm³/mol. The first-order chi connectivity index (χ1) is 28.7. The maximum Gasteiger partial charge on any atom is -0.000729 e. The Balaban J connectivity index is 0.00000138. The fraction of sp³-hybridized carbons (Fsp3) is 0.172. The van der Waals surface area contributed by atoms with Gasteiger partial charge in [0, 0.05) is 0 Å². The summed E-state index contributed by atoms with van der Waals surface area (Å²) < 4.78 is 0. The van der Waals surface area contributed by atoms with E-state index in [1.54, 1.807) is 0 Å². The molecule has 7 aromatic rings. The molecule has 8 rings (SSSR count). The molecule has 0 aliphatic heterocycles. The molecule has 0 unspecified atom stereocenters. The summed E-state index contributed by atoms with van der Waals surface area (Å²) in [6, 6.07) is 59.7. The molecule has 0 atom stereocenters. The van der Waals surface area contributed by atoms with Gasteiger partial charge in [0.2, 0.25) is 0 Å². The summed E-state index contributed by atoms with van der Waals surface area (Å²) in [6.07, 6.45) is 18.9. The number of allylic oxidation sites excluding steroid dienone is 7. The first-order valence-electron chi connectivity index (χ1n) is 21.4. The third kappa shape index (κ3) is 10.2. The van der Waals surface area contributed by atoms with E-state index in [4.69, 9.17) is 0 Å². The highest BCUT2D eigenvalue weighted by Crippen LogP contribution is 2.41. The summed E-state index contributed by atoms with van der Waals surface area (Å²) in [4.78, 5) is 0. The average Bonchev–Trinajstić information content (AvgIpc) is 3.69. The number of fused-ring (bicyclic) bond motifs is 4. The van der Waals surface area contributed by atoms with Crippen LogP contribution in [0.25, 0.3) is 50.2 Å². The number of hydrogen-bond donors (Lipinski definition) is 0. The summed E-state index contributed by atoms with van der Waals surface area (Å²) in [5, 5.41) is 2.60. The molecule has 0 N–H and O–H groups in total. The summed E-state index contributed by atoms with van der Waals surface area (Å²) in [7, 11) is 0. The van der Waals surface area contributed by atoms with Crippen LogP contribution >= 0.6 is 0 Å². The van der Waals surface area contributed by atoms with E-state index in [0.29, 0.717) is 0 Å². The summed E-state index contributed by atoms with van der Waals surface area (Å²) >= 11 is 0. The molecule has 290 valence electrons. The molecular weight excluding hydrogens is 697 g/mol. The van der Waals surface area contributed by atoms with E-state index in [9.17, 15) is 0 Å². The standard InChI is InChI=1S/C54H46.2C2H6/c1-2-3-5-16-42(29-25-40-14-6-4-7-15-40)44(33-36-47-20-12-19-46-17-8-10-21-50(46)47)32-28-41-26-30-43(31-27-41)45-34-37-48(38-35-45)51-23-13-24-53-52-22-11-9-18-49(52)39-54(51)53;2*1-2/h4-24,26-35,37-38H,2-3,25,36,39H2,1H3;2*1-2H3/b16-5-,32-28-,42-29+,44-33+;;. The van der Waals surface area contributed by atoms with Crippen LogP contribution in [0.1, 0.15) is 75.3 Å². The molecule has 0 heteroatoms. The van der Waals surface area contributed by atoms with Gasteiger partial charge >= 0.3 is 0 Å². The Morgan fingerprint density at radius 1 is 0.500 bits per heavy atom. The molecule has 0 saturated heterocycles. The summed E-state index contributed by atoms with van der Waals surface area (Å²) in [6.45, 7) is 10.2. The lowest BCUT2D eigenvalue weighted by Gasteiger charge is -2.10. The topological polar surface area (TPSA) is 0 Å². The van der Waals surface area contributed by atoms with E-state index in [1.165, 1.54) is 83.1 Å². The Bertz CT molecular complexity index is 2480. The summed E-state index contributed by atoms with van der Waals surface area (Å²) in [5.74, 6) is 0. The molecule has 0 heterocycles. The van der Waals surface area contributed by atoms with Crippen LogP contribution in [-0.4, -0.2) is 0 Å². The van der Waals surface area contributed by atoms with Crippen molar-refractivity contribution in [1.29, 1.82) is 0 Å². The van der Waals surface area contributed by atoms with Crippen LogP contribution in [-0.2, 0) is 19.3 Å². The van der Waals surface area contributed by atoms with Gasteiger partial charge in [0.15, 0.2) is 0 Å². The third-order valence-corrected chi connectivity index (χ3v) is 10.7. The van der Waals surface area contributed by atoms with Crippen LogP contribution < -0.4 is 0 Å². The number of unbranched alkanes of at least 4 members (excludes halogenated alkanes) is 1. The molecule has 1 aliphatic carbocycles. The molecule has 0 radical (unpaired) electrons. The zero-order valence-electron chi connectivity index (χ0n) is 35.1. The van der Waals surface area contributed by atoms with Crippen molar-refractivity contribution in [2.75, 3.05) is 0 Å². The van der Waals surface area contributed by atoms with E-state index in [-0.39, 0.29) is 0 Å². The predicted octanol–water partition coefficient (Wildman–Crippen LogP) is 16.5. The van der Waals surface area contributed by atoms with Gasteiger partial charge in [-0.15, -0.1) is 0 Å². The zero-order valence-corrected chi connectivity index (χ0v) is 35.1. The van der Waals surface area contributed by atoms with Crippen LogP contribution in [0, 0.1) is 0 Å². The Morgan fingerprint density at radius 2 is 1.09 bits per heavy atom. The Hall–Kier alpha value is -6.24. The van der Waals surface area contributed by atoms with E-state index in [0.717, 1.165) is 32.1 Å². The smallest absolute Gasteiger partial charge is 0.000729 e. The lowest BCUT2D eigenvalue weighted by molar-refractivity contribution is 0.957. The first-order valence-corrected chi connectivity index (χ1v) is 21.4. The Morgan fingerprint density at radius 3 is 1.86 bits per heavy atom. The lowest BCUT2D eigenvalue weighted by Crippen LogP contribution is -1.91. The fourth-order valence-corrected chi connectivity index (χ4v) is 7.72. The molecule has 58 heavy (non-hydrogen) atoms. The molecule has 0 bridgehead atoms. The van der Waals surface area contributed by atoms with Gasteiger partial charge in [-0.2, -0.15) is 0 Å². The molecule has 0 nitrogen and oxygen atoms in total. The number of benzene rings is 7. The third-order valence-electron chi connectivity index (χ3n) is 10.7. The fourth-order valence-electron chi connectivity index (χ4n) is 7.72. The first kappa shape index (κ1) is 41.4. The van der Waals surface area contributed by atoms with Crippen LogP contribution in [0.3, 0.4) is 0 Å². The molecule has 0 aromatic heterocycles. The van der Waals surface area contributed by atoms with Gasteiger partial charge in [-0.3, -0.25) is 0 Å². The Kier molecular flexibility index (Phi) is 15.2. The molecule has 0 fully saturated rings. The van der Waals surface area contributed by atoms with Gasteiger partial charge in [0.1, 0.15) is 0 Å². The van der Waals surface area contributed by atoms with Crippen molar-refractivity contribution in [2.45, 2.75) is 66.7 Å². The van der Waals surface area contributed by atoms with Crippen molar-refractivity contribution in [3.8, 4) is 33.4 Å².